The minimum atomic E-state index is -0.796. The lowest BCUT2D eigenvalue weighted by Crippen LogP contribution is -2.30. The van der Waals surface area contributed by atoms with Gasteiger partial charge in [-0.25, -0.2) is 0 Å². The van der Waals surface area contributed by atoms with Crippen LogP contribution in [0, 0.1) is 0 Å². The summed E-state index contributed by atoms with van der Waals surface area (Å²) in [6.07, 6.45) is 68.9. The molecule has 0 aliphatic carbocycles. The van der Waals surface area contributed by atoms with Crippen molar-refractivity contribution in [2.45, 2.75) is 277 Å². The summed E-state index contributed by atoms with van der Waals surface area (Å²) in [7, 11) is 0. The Morgan fingerprint density at radius 3 is 0.955 bits per heavy atom. The number of rotatable bonds is 50. The van der Waals surface area contributed by atoms with Gasteiger partial charge in [0, 0.05) is 19.3 Å². The summed E-state index contributed by atoms with van der Waals surface area (Å²) in [5, 5.41) is 0. The quantitative estimate of drug-likeness (QED) is 0.0262. The minimum Gasteiger partial charge on any atom is -0.462 e. The normalized spacial score (nSPS) is 12.6. The summed E-state index contributed by atoms with van der Waals surface area (Å²) in [5.41, 5.74) is 0. The molecule has 1 atom stereocenters. The number of carbonyl (C=O) groups excluding carboxylic acids is 3. The minimum absolute atomic E-state index is 0.0945. The molecule has 0 fully saturated rings. The van der Waals surface area contributed by atoms with Crippen molar-refractivity contribution in [1.82, 2.24) is 0 Å². The molecule has 0 N–H and O–H groups in total. The number of unbranched alkanes of at least 4 members (excludes halogenated alkanes) is 31. The average molecular weight is 921 g/mol. The molecule has 1 unspecified atom stereocenters. The van der Waals surface area contributed by atoms with Gasteiger partial charge < -0.3 is 14.2 Å². The fourth-order valence-corrected chi connectivity index (χ4v) is 7.86. The van der Waals surface area contributed by atoms with E-state index in [1.165, 1.54) is 141 Å². The summed E-state index contributed by atoms with van der Waals surface area (Å²) in [6, 6.07) is 0. The van der Waals surface area contributed by atoms with Crippen molar-refractivity contribution in [3.05, 3.63) is 72.9 Å². The van der Waals surface area contributed by atoms with Gasteiger partial charge in [-0.15, -0.1) is 0 Å². The molecule has 0 saturated heterocycles. The van der Waals surface area contributed by atoms with Crippen LogP contribution in [0.5, 0.6) is 0 Å². The Bertz CT molecular complexity index is 1240. The molecular formula is C60H104O6. The predicted octanol–water partition coefficient (Wildman–Crippen LogP) is 18.6. The number of hydrogen-bond donors (Lipinski definition) is 0. The number of allylic oxidation sites excluding steroid dienone is 12. The van der Waals surface area contributed by atoms with Crippen LogP contribution < -0.4 is 0 Å². The van der Waals surface area contributed by atoms with E-state index in [0.717, 1.165) is 89.9 Å². The van der Waals surface area contributed by atoms with Crippen LogP contribution in [-0.4, -0.2) is 37.2 Å². The summed E-state index contributed by atoms with van der Waals surface area (Å²) < 4.78 is 16.8. The number of carbonyl (C=O) groups is 3. The van der Waals surface area contributed by atoms with Crippen molar-refractivity contribution in [2.24, 2.45) is 0 Å². The third-order valence-electron chi connectivity index (χ3n) is 12.1. The van der Waals surface area contributed by atoms with Crippen LogP contribution in [0.4, 0.5) is 0 Å². The first-order valence-electron chi connectivity index (χ1n) is 28.0. The maximum absolute atomic E-state index is 12.8. The van der Waals surface area contributed by atoms with E-state index in [9.17, 15) is 14.4 Å². The molecule has 0 radical (unpaired) electrons. The highest BCUT2D eigenvalue weighted by Gasteiger charge is 2.19. The number of hydrogen-bond acceptors (Lipinski definition) is 6. The van der Waals surface area contributed by atoms with E-state index in [-0.39, 0.29) is 31.1 Å². The van der Waals surface area contributed by atoms with Crippen LogP contribution in [0.2, 0.25) is 0 Å². The number of ether oxygens (including phenoxy) is 3. The maximum atomic E-state index is 12.8. The fourth-order valence-electron chi connectivity index (χ4n) is 7.86. The summed E-state index contributed by atoms with van der Waals surface area (Å²) in [5.74, 6) is -0.940. The van der Waals surface area contributed by atoms with Crippen LogP contribution in [0.3, 0.4) is 0 Å². The Labute approximate surface area is 408 Å². The highest BCUT2D eigenvalue weighted by Crippen LogP contribution is 2.16. The third-order valence-corrected chi connectivity index (χ3v) is 12.1. The average Bonchev–Trinajstić information content (AvgIpc) is 3.31. The van der Waals surface area contributed by atoms with Crippen LogP contribution >= 0.6 is 0 Å². The second-order valence-corrected chi connectivity index (χ2v) is 18.6. The molecule has 0 amide bonds. The van der Waals surface area contributed by atoms with Crippen molar-refractivity contribution in [3.8, 4) is 0 Å². The Hall–Kier alpha value is -3.15. The molecule has 0 aliphatic heterocycles. The van der Waals surface area contributed by atoms with Crippen molar-refractivity contribution in [1.29, 1.82) is 0 Å². The van der Waals surface area contributed by atoms with Crippen molar-refractivity contribution in [2.75, 3.05) is 13.2 Å². The molecule has 6 nitrogen and oxygen atoms in total. The highest BCUT2D eigenvalue weighted by atomic mass is 16.6. The first-order chi connectivity index (χ1) is 32.5. The van der Waals surface area contributed by atoms with Gasteiger partial charge in [0.15, 0.2) is 6.10 Å². The largest absolute Gasteiger partial charge is 0.462 e. The standard InChI is InChI=1S/C60H104O6/c1-4-7-10-13-16-19-22-25-27-29-31-32-35-38-41-44-47-50-53-59(62)65-56-57(55-64-58(61)52-49-46-43-40-37-34-24-21-18-15-12-9-6-3)66-60(63)54-51-48-45-42-39-36-33-30-28-26-23-20-17-14-11-8-5-2/h9,12,15,18,21,24,27,29,31-32,34,37,57H,4-8,10-11,13-14,16-17,19-20,22-23,25-26,28,30,33,35-36,38-56H2,1-3H3/b12-9-,18-15-,24-21-,29-27-,32-31-,37-34-. The summed E-state index contributed by atoms with van der Waals surface area (Å²) in [4.78, 5) is 38.1. The second kappa shape index (κ2) is 54.5. The van der Waals surface area contributed by atoms with Crippen LogP contribution in [0.25, 0.3) is 0 Å². The molecule has 0 saturated carbocycles. The first kappa shape index (κ1) is 62.8. The van der Waals surface area contributed by atoms with E-state index in [1.54, 1.807) is 0 Å². The van der Waals surface area contributed by atoms with Gasteiger partial charge in [0.2, 0.25) is 0 Å². The van der Waals surface area contributed by atoms with E-state index in [4.69, 9.17) is 14.2 Å². The van der Waals surface area contributed by atoms with Gasteiger partial charge in [0.05, 0.1) is 0 Å². The van der Waals surface area contributed by atoms with Gasteiger partial charge in [0.1, 0.15) is 13.2 Å². The van der Waals surface area contributed by atoms with Gasteiger partial charge in [-0.3, -0.25) is 14.4 Å². The van der Waals surface area contributed by atoms with Crippen molar-refractivity contribution >= 4 is 17.9 Å². The molecule has 66 heavy (non-hydrogen) atoms. The zero-order valence-electron chi connectivity index (χ0n) is 43.4. The fraction of sp³-hybridized carbons (Fsp3) is 0.750. The van der Waals surface area contributed by atoms with E-state index >= 15 is 0 Å². The molecule has 0 heterocycles. The van der Waals surface area contributed by atoms with Gasteiger partial charge in [-0.05, 0) is 64.2 Å². The van der Waals surface area contributed by atoms with E-state index in [0.29, 0.717) is 19.3 Å². The SMILES string of the molecule is CC\C=C/C=C\C=C/C=C\CCCCCC(=O)OCC(COC(=O)CCCCCCC/C=C\C=C/CCCCCCCCC)OC(=O)CCCCCCCCCCCCCCCCCCC. The first-order valence-corrected chi connectivity index (χ1v) is 28.0. The van der Waals surface area contributed by atoms with E-state index < -0.39 is 6.10 Å². The molecule has 0 rings (SSSR count). The Balaban J connectivity index is 4.42. The third kappa shape index (κ3) is 51.8. The van der Waals surface area contributed by atoms with Gasteiger partial charge >= 0.3 is 17.9 Å². The molecule has 0 bridgehead atoms. The molecule has 380 valence electrons. The monoisotopic (exact) mass is 921 g/mol. The van der Waals surface area contributed by atoms with Crippen LogP contribution in [-0.2, 0) is 28.6 Å². The Kier molecular flexibility index (Phi) is 51.9. The second-order valence-electron chi connectivity index (χ2n) is 18.6. The molecule has 0 aromatic carbocycles. The summed E-state index contributed by atoms with van der Waals surface area (Å²) >= 11 is 0. The highest BCUT2D eigenvalue weighted by molar-refractivity contribution is 5.71. The molecule has 0 aromatic heterocycles. The lowest BCUT2D eigenvalue weighted by molar-refractivity contribution is -0.167. The van der Waals surface area contributed by atoms with Crippen LogP contribution in [0.15, 0.2) is 72.9 Å². The van der Waals surface area contributed by atoms with Crippen molar-refractivity contribution in [3.63, 3.8) is 0 Å². The molecule has 0 spiro atoms. The van der Waals surface area contributed by atoms with Crippen LogP contribution in [0.1, 0.15) is 271 Å². The van der Waals surface area contributed by atoms with Gasteiger partial charge in [-0.2, -0.15) is 0 Å². The topological polar surface area (TPSA) is 78.9 Å². The lowest BCUT2D eigenvalue weighted by atomic mass is 10.0. The Morgan fingerprint density at radius 1 is 0.318 bits per heavy atom. The Morgan fingerprint density at radius 2 is 0.591 bits per heavy atom. The molecule has 6 heteroatoms. The zero-order valence-corrected chi connectivity index (χ0v) is 43.4. The van der Waals surface area contributed by atoms with E-state index in [1.807, 2.05) is 30.4 Å². The van der Waals surface area contributed by atoms with Gasteiger partial charge in [0.25, 0.3) is 0 Å². The molecular weight excluding hydrogens is 817 g/mol. The smallest absolute Gasteiger partial charge is 0.306 e. The maximum Gasteiger partial charge on any atom is 0.306 e. The molecule has 0 aliphatic rings. The number of esters is 3. The van der Waals surface area contributed by atoms with Gasteiger partial charge in [-0.1, -0.05) is 261 Å². The molecule has 0 aromatic rings. The predicted molar refractivity (Wildman–Crippen MR) is 284 cm³/mol. The van der Waals surface area contributed by atoms with E-state index in [2.05, 4.69) is 63.3 Å². The zero-order chi connectivity index (χ0) is 47.9. The lowest BCUT2D eigenvalue weighted by Gasteiger charge is -2.18. The van der Waals surface area contributed by atoms with Crippen molar-refractivity contribution < 1.29 is 28.6 Å². The summed E-state index contributed by atoms with van der Waals surface area (Å²) in [6.45, 7) is 6.47.